The molecule has 0 amide bonds. The van der Waals surface area contributed by atoms with Gasteiger partial charge < -0.3 is 104 Å². The minimum Gasteiger partial charge on any atom is -0.862 e. The molecule has 2 aliphatic carbocycles. The molecule has 0 radical (unpaired) electrons. The Bertz CT molecular complexity index is 4100. The Morgan fingerprint density at radius 1 is 0.663 bits per heavy atom. The van der Waals surface area contributed by atoms with Crippen LogP contribution in [0.5, 0.6) is 0 Å². The Labute approximate surface area is 680 Å². The van der Waals surface area contributed by atoms with E-state index in [1.165, 1.54) is 24.3 Å². The molecule has 15 atom stereocenters. The third-order valence-electron chi connectivity index (χ3n) is 16.3. The van der Waals surface area contributed by atoms with E-state index in [9.17, 15) is 114 Å². The average molecular weight is 1570 g/mol. The second-order valence-electron chi connectivity index (χ2n) is 23.3. The van der Waals surface area contributed by atoms with Crippen LogP contribution in [-0.2, 0) is 78.1 Å². The first-order valence-electron chi connectivity index (χ1n) is 30.6. The predicted molar refractivity (Wildman–Crippen MR) is 327 cm³/mol. The first-order chi connectivity index (χ1) is 47.2. The van der Waals surface area contributed by atoms with Crippen LogP contribution in [0, 0.1) is 11.8 Å². The Balaban J connectivity index is 0.00000572. The van der Waals surface area contributed by atoms with Crippen LogP contribution in [0.15, 0.2) is 105 Å². The number of aliphatic hydroxyl groups excluding tert-OH is 6. The van der Waals surface area contributed by atoms with Crippen LogP contribution in [0.1, 0.15) is 67.4 Å². The monoisotopic (exact) mass is 1570 g/mol. The van der Waals surface area contributed by atoms with Gasteiger partial charge in [-0.2, -0.15) is 25.3 Å². The van der Waals surface area contributed by atoms with Gasteiger partial charge in [-0.3, -0.25) is 33.4 Å². The molecule has 104 heavy (non-hydrogen) atoms. The van der Waals surface area contributed by atoms with E-state index in [1.807, 2.05) is 4.98 Å². The van der Waals surface area contributed by atoms with Crippen LogP contribution in [0.3, 0.4) is 0 Å². The molecular formula is C58H70N6Na4O33S3. The molecule has 2 saturated heterocycles. The van der Waals surface area contributed by atoms with Gasteiger partial charge in [-0.1, -0.05) is 50.3 Å². The fraction of sp³-hybridized carbons (Fsp3) is 0.552. The number of aromatic nitrogens is 2. The van der Waals surface area contributed by atoms with Crippen LogP contribution in [0.4, 0.5) is 5.69 Å². The molecule has 2 aliphatic heterocycles. The standard InChI is InChI=1S/C58H74N6O33S3.4Na/c65-23-38-45(70)47(72)48(73)56(92-38)95-49-34(62-53(75)35-22-41(67)64-58(79)63-35)18-30(19-36(49)91-57-51(94-55(78)28-9-5-2-6-10-28)50(46(71)39(24-66)93-57)97-96-37(54(76)77)15-27-7-3-1-4-8-27)52(74)60-12-11-59-42(68)25-89-13-14-90-26-43(69)61-33-20-31(98(80,81)82)16-29-17-32(99(83,84)85)21-40(44(29)33)100(86,87)88;;;;/h2,5-6,9-10,16-17,20-22,27,30,34,36-39,45-51,56-57,65-66,70-73H,1,3-4,7-8,11-15,18-19,23-26H2,(H,59,68)(H,60,74)(H,61,69)(H,62,75)(H,76,77)(H,80,81,82)(H,83,84,85)(H,86,87,88)(H2,63,64,67,79);;;;/q;4*+1/p-4/t30-,34+,36-,37+,38+,39-,45-,46+,47-,48+,49-,50+,51-,56+,57-;;;;/m1..../s1. The fourth-order valence-electron chi connectivity index (χ4n) is 11.4. The van der Waals surface area contributed by atoms with Gasteiger partial charge in [-0.25, -0.2) is 24.2 Å². The van der Waals surface area contributed by atoms with Crippen molar-refractivity contribution in [3.8, 4) is 0 Å². The molecular weight excluding hydrogens is 1500 g/mol. The van der Waals surface area contributed by atoms with Crippen molar-refractivity contribution >= 4 is 82.3 Å². The van der Waals surface area contributed by atoms with Crippen LogP contribution in [-0.4, -0.2) is 259 Å². The zero-order chi connectivity index (χ0) is 73.0. The number of aliphatic hydroxyl groups is 6. The van der Waals surface area contributed by atoms with Gasteiger partial charge in [0, 0.05) is 17.4 Å². The van der Waals surface area contributed by atoms with Crippen LogP contribution >= 0.6 is 0 Å². The maximum Gasteiger partial charge on any atom is 1.00 e. The van der Waals surface area contributed by atoms with Gasteiger partial charge in [-0.15, -0.1) is 0 Å². The van der Waals surface area contributed by atoms with E-state index in [1.54, 1.807) is 6.07 Å². The summed E-state index contributed by atoms with van der Waals surface area (Å²) in [6.45, 7) is -5.59. The number of carboxylic acids is 1. The second kappa shape index (κ2) is 42.1. The van der Waals surface area contributed by atoms with Crippen LogP contribution in [0.2, 0.25) is 0 Å². The number of hydrogen-bond donors (Lipinski definition) is 12. The zero-order valence-corrected chi connectivity index (χ0v) is 66.6. The van der Waals surface area contributed by atoms with E-state index < -0.39 is 271 Å². The summed E-state index contributed by atoms with van der Waals surface area (Å²) >= 11 is 0. The smallest absolute Gasteiger partial charge is 0.862 e. The third-order valence-corrected chi connectivity index (χ3v) is 18.8. The summed E-state index contributed by atoms with van der Waals surface area (Å²) in [7, 11) is -15.7. The molecule has 4 fully saturated rings. The number of nitrogens with zero attached hydrogens (tertiary/aromatic N) is 4. The van der Waals surface area contributed by atoms with Crippen molar-refractivity contribution in [2.75, 3.05) is 52.7 Å². The summed E-state index contributed by atoms with van der Waals surface area (Å²) in [6.07, 6.45) is -22.6. The maximum absolute atomic E-state index is 14.3. The van der Waals surface area contributed by atoms with Crippen molar-refractivity contribution in [3.05, 3.63) is 92.8 Å². The van der Waals surface area contributed by atoms with Crippen LogP contribution in [0.25, 0.3) is 10.8 Å². The number of esters is 1. The Morgan fingerprint density at radius 3 is 1.86 bits per heavy atom. The number of aromatic amines is 2. The fourth-order valence-corrected chi connectivity index (χ4v) is 13.3. The summed E-state index contributed by atoms with van der Waals surface area (Å²) in [4.78, 5) is 78.9. The maximum atomic E-state index is 14.3. The Kier molecular flexibility index (Phi) is 37.7. The Hall–Kier alpha value is -3.41. The summed E-state index contributed by atoms with van der Waals surface area (Å²) in [5.74, 6) is -8.71. The predicted octanol–water partition coefficient (Wildman–Crippen LogP) is -17.9. The van der Waals surface area contributed by atoms with E-state index in [0.717, 1.165) is 19.3 Å². The number of hydrogen-bond acceptors (Lipinski definition) is 33. The van der Waals surface area contributed by atoms with E-state index in [4.69, 9.17) is 42.9 Å². The number of benzene rings is 3. The molecule has 0 unspecified atom stereocenters. The molecule has 12 N–H and O–H groups in total. The average Bonchev–Trinajstić information content (AvgIpc) is 0.753. The van der Waals surface area contributed by atoms with Crippen molar-refractivity contribution in [2.24, 2.45) is 31.8 Å². The number of aliphatic imine (C=N–C) groups is 4. The molecule has 4 aromatic rings. The minimum atomic E-state index is -5.39. The summed E-state index contributed by atoms with van der Waals surface area (Å²) in [5, 5.41) is 128. The SMILES string of the molecule is O=C(O[C@H]1[C@H](O[C@@H]2C[C@H](C([O-])=NCCN=C([O-])COCCOCC([O-])=Nc3cc(S(=O)(=O)O)cc4cc(S(=O)(=O)O)cc(S(=O)(=O)O)c34)C[C@H](N=C([O-])c3cc(=O)[nH]c(=O)[nH]3)[C@H]2O[C@@H]2O[C@@H](CO)[C@@H](O)[C@@H](O)[C@@H]2O)O[C@H](CO)[C@H](O)[C@@H]1OO[C@@H](CC1CCCCC1)C(=O)O)c1ccccc1.[Na+].[Na+].[Na+].[Na+]. The van der Waals surface area contributed by atoms with E-state index in [2.05, 4.69) is 25.0 Å². The summed E-state index contributed by atoms with van der Waals surface area (Å²) in [6, 6.07) is 8.02. The van der Waals surface area contributed by atoms with Crippen molar-refractivity contribution in [2.45, 2.75) is 152 Å². The second-order valence-corrected chi connectivity index (χ2v) is 27.5. The molecule has 552 valence electrons. The molecule has 3 aromatic carbocycles. The number of carboxylic acid groups (broad SMARTS) is 1. The van der Waals surface area contributed by atoms with Crippen molar-refractivity contribution < 1.29 is 266 Å². The first-order valence-corrected chi connectivity index (χ1v) is 34.9. The zero-order valence-electron chi connectivity index (χ0n) is 56.2. The van der Waals surface area contributed by atoms with E-state index >= 15 is 0 Å². The van der Waals surface area contributed by atoms with Crippen molar-refractivity contribution in [3.63, 3.8) is 0 Å². The largest absolute Gasteiger partial charge is 1.00 e. The van der Waals surface area contributed by atoms with Gasteiger partial charge >= 0.3 is 136 Å². The molecule has 4 aliphatic rings. The molecule has 0 spiro atoms. The molecule has 8 rings (SSSR count). The molecule has 2 saturated carbocycles. The number of carbonyl (C=O) groups is 2. The third kappa shape index (κ3) is 25.6. The molecule has 3 heterocycles. The van der Waals surface area contributed by atoms with Gasteiger partial charge in [0.1, 0.15) is 47.6 Å². The van der Waals surface area contributed by atoms with Crippen LogP contribution < -0.4 is 150 Å². The number of ether oxygens (including phenoxy) is 7. The number of fused-ring (bicyclic) bond motifs is 1. The number of aliphatic carboxylic acids is 1. The van der Waals surface area contributed by atoms with E-state index in [0.29, 0.717) is 43.2 Å². The minimum absolute atomic E-state index is 0. The van der Waals surface area contributed by atoms with Gasteiger partial charge in [0.2, 0.25) is 0 Å². The summed E-state index contributed by atoms with van der Waals surface area (Å²) < 4.78 is 143. The van der Waals surface area contributed by atoms with E-state index in [-0.39, 0.29) is 136 Å². The quantitative estimate of drug-likeness (QED) is 0.00325. The van der Waals surface area contributed by atoms with Gasteiger partial charge in [0.05, 0.1) is 91.6 Å². The number of nitrogens with one attached hydrogen (secondary N) is 2. The normalized spacial score (nSPS) is 26.4. The van der Waals surface area contributed by atoms with Gasteiger partial charge in [0.25, 0.3) is 35.9 Å². The topological polar surface area (TPSA) is 629 Å². The molecule has 46 heteroatoms. The molecule has 39 nitrogen and oxygen atoms in total. The van der Waals surface area contributed by atoms with Crippen molar-refractivity contribution in [1.29, 1.82) is 0 Å². The Morgan fingerprint density at radius 2 is 1.26 bits per heavy atom. The number of H-pyrrole nitrogens is 2. The summed E-state index contributed by atoms with van der Waals surface area (Å²) in [5.41, 5.74) is -3.86. The molecule has 1 aromatic heterocycles. The first kappa shape index (κ1) is 93.0. The number of carbonyl (C=O) groups excluding carboxylic acids is 1. The molecule has 0 bridgehead atoms. The van der Waals surface area contributed by atoms with Crippen molar-refractivity contribution in [1.82, 2.24) is 9.97 Å². The van der Waals surface area contributed by atoms with Gasteiger partial charge in [0.15, 0.2) is 30.9 Å². The number of rotatable bonds is 31. The van der Waals surface area contributed by atoms with Gasteiger partial charge in [-0.05, 0) is 90.6 Å².